The average Bonchev–Trinajstić information content (AvgIpc) is 2.62. The molecule has 8 nitrogen and oxygen atoms in total. The molecular formula is C17H25N5O3S. The summed E-state index contributed by atoms with van der Waals surface area (Å²) >= 11 is 5.25. The molecule has 0 heterocycles. The molecular weight excluding hydrogens is 354 g/mol. The first-order valence-electron chi connectivity index (χ1n) is 8.66. The fraction of sp³-hybridized carbons (Fsp3) is 0.529. The SMILES string of the molecule is CNc1ccc(C(=O)NNC(=S)N[C@@H]2CCC[C@@H](C)[C@H]2C)cc1[N+](=O)[O-]. The molecule has 1 aromatic rings. The number of hydrogen-bond acceptors (Lipinski definition) is 5. The molecule has 1 aliphatic rings. The predicted molar refractivity (Wildman–Crippen MR) is 105 cm³/mol. The van der Waals surface area contributed by atoms with Crippen molar-refractivity contribution in [2.75, 3.05) is 12.4 Å². The van der Waals surface area contributed by atoms with E-state index in [9.17, 15) is 14.9 Å². The molecule has 1 fully saturated rings. The number of amides is 1. The van der Waals surface area contributed by atoms with E-state index >= 15 is 0 Å². The Bertz CT molecular complexity index is 697. The van der Waals surface area contributed by atoms with Crippen molar-refractivity contribution in [1.29, 1.82) is 0 Å². The van der Waals surface area contributed by atoms with Crippen molar-refractivity contribution in [2.45, 2.75) is 39.2 Å². The van der Waals surface area contributed by atoms with Crippen LogP contribution in [0.4, 0.5) is 11.4 Å². The number of thiocarbonyl (C=S) groups is 1. The lowest BCUT2D eigenvalue weighted by atomic mass is 9.78. The van der Waals surface area contributed by atoms with Crippen molar-refractivity contribution in [2.24, 2.45) is 11.8 Å². The number of nitrogens with one attached hydrogen (secondary N) is 4. The smallest absolute Gasteiger partial charge is 0.293 e. The van der Waals surface area contributed by atoms with E-state index in [0.717, 1.165) is 12.8 Å². The quantitative estimate of drug-likeness (QED) is 0.362. The molecule has 0 aliphatic heterocycles. The first kappa shape index (κ1) is 19.9. The molecule has 26 heavy (non-hydrogen) atoms. The maximum absolute atomic E-state index is 12.2. The fourth-order valence-corrected chi connectivity index (χ4v) is 3.41. The van der Waals surface area contributed by atoms with Crippen LogP contribution in [0.15, 0.2) is 18.2 Å². The lowest BCUT2D eigenvalue weighted by Gasteiger charge is -2.35. The van der Waals surface area contributed by atoms with Gasteiger partial charge in [-0.25, -0.2) is 0 Å². The molecule has 1 aromatic carbocycles. The number of rotatable bonds is 4. The van der Waals surface area contributed by atoms with Gasteiger partial charge in [-0.1, -0.05) is 26.7 Å². The second-order valence-corrected chi connectivity index (χ2v) is 7.07. The van der Waals surface area contributed by atoms with E-state index in [0.29, 0.717) is 22.6 Å². The summed E-state index contributed by atoms with van der Waals surface area (Å²) in [7, 11) is 1.58. The van der Waals surface area contributed by atoms with Crippen molar-refractivity contribution >= 4 is 34.6 Å². The Balaban J connectivity index is 1.93. The van der Waals surface area contributed by atoms with E-state index in [4.69, 9.17) is 12.2 Å². The number of nitro groups is 1. The zero-order valence-electron chi connectivity index (χ0n) is 15.2. The summed E-state index contributed by atoms with van der Waals surface area (Å²) in [6.07, 6.45) is 3.41. The minimum atomic E-state index is -0.534. The minimum absolute atomic E-state index is 0.161. The maximum Gasteiger partial charge on any atom is 0.293 e. The van der Waals surface area contributed by atoms with Gasteiger partial charge in [-0.3, -0.25) is 25.8 Å². The van der Waals surface area contributed by atoms with Gasteiger partial charge in [-0.15, -0.1) is 0 Å². The summed E-state index contributed by atoms with van der Waals surface area (Å²) in [4.78, 5) is 22.8. The highest BCUT2D eigenvalue weighted by atomic mass is 32.1. The predicted octanol–water partition coefficient (Wildman–Crippen LogP) is 2.57. The highest BCUT2D eigenvalue weighted by Gasteiger charge is 2.27. The van der Waals surface area contributed by atoms with Crippen LogP contribution in [0.2, 0.25) is 0 Å². The van der Waals surface area contributed by atoms with E-state index in [1.165, 1.54) is 24.6 Å². The van der Waals surface area contributed by atoms with Crippen molar-refractivity contribution in [3.8, 4) is 0 Å². The van der Waals surface area contributed by atoms with Crippen LogP contribution in [0.25, 0.3) is 0 Å². The Hall–Kier alpha value is -2.42. The first-order chi connectivity index (χ1) is 12.3. The minimum Gasteiger partial charge on any atom is -0.383 e. The topological polar surface area (TPSA) is 108 Å². The number of carbonyl (C=O) groups excluding carboxylic acids is 1. The number of hydrogen-bond donors (Lipinski definition) is 4. The van der Waals surface area contributed by atoms with Gasteiger partial charge in [0.1, 0.15) is 5.69 Å². The zero-order chi connectivity index (χ0) is 19.3. The summed E-state index contributed by atoms with van der Waals surface area (Å²) in [5, 5.41) is 17.4. The van der Waals surface area contributed by atoms with E-state index in [1.54, 1.807) is 7.05 Å². The van der Waals surface area contributed by atoms with E-state index in [-0.39, 0.29) is 17.3 Å². The van der Waals surface area contributed by atoms with Gasteiger partial charge in [0.25, 0.3) is 11.6 Å². The molecule has 0 bridgehead atoms. The summed E-state index contributed by atoms with van der Waals surface area (Å²) < 4.78 is 0. The van der Waals surface area contributed by atoms with E-state index in [1.807, 2.05) is 0 Å². The lowest BCUT2D eigenvalue weighted by Crippen LogP contribution is -2.52. The monoisotopic (exact) mass is 379 g/mol. The molecule has 1 saturated carbocycles. The molecule has 142 valence electrons. The zero-order valence-corrected chi connectivity index (χ0v) is 16.0. The van der Waals surface area contributed by atoms with Crippen molar-refractivity contribution in [3.63, 3.8) is 0 Å². The molecule has 3 atom stereocenters. The van der Waals surface area contributed by atoms with E-state index in [2.05, 4.69) is 35.3 Å². The largest absolute Gasteiger partial charge is 0.383 e. The maximum atomic E-state index is 12.2. The van der Waals surface area contributed by atoms with Crippen LogP contribution in [0.3, 0.4) is 0 Å². The lowest BCUT2D eigenvalue weighted by molar-refractivity contribution is -0.384. The van der Waals surface area contributed by atoms with Crippen molar-refractivity contribution < 1.29 is 9.72 Å². The Morgan fingerprint density at radius 1 is 1.27 bits per heavy atom. The highest BCUT2D eigenvalue weighted by molar-refractivity contribution is 7.80. The third-order valence-corrected chi connectivity index (χ3v) is 5.26. The summed E-state index contributed by atoms with van der Waals surface area (Å²) in [5.41, 5.74) is 5.51. The molecule has 1 aliphatic carbocycles. The Labute approximate surface area is 158 Å². The van der Waals surface area contributed by atoms with Gasteiger partial charge in [-0.2, -0.15) is 0 Å². The van der Waals surface area contributed by atoms with Crippen LogP contribution in [0.5, 0.6) is 0 Å². The number of anilines is 1. The second kappa shape index (κ2) is 8.79. The summed E-state index contributed by atoms with van der Waals surface area (Å²) in [5.74, 6) is 0.630. The third-order valence-electron chi connectivity index (χ3n) is 5.04. The van der Waals surface area contributed by atoms with Crippen LogP contribution < -0.4 is 21.5 Å². The highest BCUT2D eigenvalue weighted by Crippen LogP contribution is 2.29. The van der Waals surface area contributed by atoms with Gasteiger partial charge < -0.3 is 10.6 Å². The molecule has 0 unspecified atom stereocenters. The van der Waals surface area contributed by atoms with Gasteiger partial charge >= 0.3 is 0 Å². The normalized spacial score (nSPS) is 22.2. The van der Waals surface area contributed by atoms with E-state index < -0.39 is 10.8 Å². The van der Waals surface area contributed by atoms with Crippen LogP contribution in [-0.2, 0) is 0 Å². The summed E-state index contributed by atoms with van der Waals surface area (Å²) in [6.45, 7) is 4.43. The number of hydrazine groups is 1. The van der Waals surface area contributed by atoms with Gasteiger partial charge in [0, 0.05) is 24.7 Å². The van der Waals surface area contributed by atoms with Gasteiger partial charge in [0.15, 0.2) is 5.11 Å². The molecule has 0 saturated heterocycles. The third kappa shape index (κ3) is 4.81. The van der Waals surface area contributed by atoms with Crippen LogP contribution in [-0.4, -0.2) is 29.0 Å². The molecule has 0 spiro atoms. The second-order valence-electron chi connectivity index (χ2n) is 6.67. The van der Waals surface area contributed by atoms with Crippen LogP contribution in [0, 0.1) is 22.0 Å². The van der Waals surface area contributed by atoms with Gasteiger partial charge in [0.05, 0.1) is 4.92 Å². The Morgan fingerprint density at radius 2 is 2.00 bits per heavy atom. The van der Waals surface area contributed by atoms with Gasteiger partial charge in [-0.05, 0) is 42.6 Å². The summed E-state index contributed by atoms with van der Waals surface area (Å²) in [6, 6.07) is 4.50. The molecule has 2 rings (SSSR count). The molecule has 9 heteroatoms. The molecule has 0 aromatic heterocycles. The molecule has 1 amide bonds. The Kier molecular flexibility index (Phi) is 6.73. The number of nitrogens with zero attached hydrogens (tertiary/aromatic N) is 1. The fourth-order valence-electron chi connectivity index (χ4n) is 3.21. The number of nitro benzene ring substituents is 1. The molecule has 0 radical (unpaired) electrons. The number of benzene rings is 1. The van der Waals surface area contributed by atoms with Crippen molar-refractivity contribution in [1.82, 2.24) is 16.2 Å². The molecule has 4 N–H and O–H groups in total. The average molecular weight is 379 g/mol. The van der Waals surface area contributed by atoms with Crippen LogP contribution in [0.1, 0.15) is 43.5 Å². The Morgan fingerprint density at radius 3 is 2.65 bits per heavy atom. The number of carbonyl (C=O) groups is 1. The van der Waals surface area contributed by atoms with Crippen LogP contribution >= 0.6 is 12.2 Å². The standard InChI is InChI=1S/C17H25N5O3S/c1-10-5-4-6-13(11(10)2)19-17(26)21-20-16(23)12-7-8-14(18-3)15(9-12)22(24)25/h7-11,13,18H,4-6H2,1-3H3,(H,20,23)(H2,19,21,26)/t10-,11-,13-/m1/s1. The van der Waals surface area contributed by atoms with Gasteiger partial charge in [0.2, 0.25) is 0 Å². The first-order valence-corrected chi connectivity index (χ1v) is 9.07. The van der Waals surface area contributed by atoms with Crippen molar-refractivity contribution in [3.05, 3.63) is 33.9 Å².